The summed E-state index contributed by atoms with van der Waals surface area (Å²) in [7, 11) is 0. The van der Waals surface area contributed by atoms with E-state index in [4.69, 9.17) is 0 Å². The number of carboxylic acids is 1. The second-order valence-corrected chi connectivity index (χ2v) is 3.60. The fourth-order valence-corrected chi connectivity index (χ4v) is 1.17. The molecular weight excluding hydrogens is 231 g/mol. The molecule has 5 nitrogen and oxygen atoms in total. The number of nitrogens with one attached hydrogen (secondary N) is 2. The van der Waals surface area contributed by atoms with Gasteiger partial charge in [-0.25, -0.2) is 0 Å². The van der Waals surface area contributed by atoms with Crippen LogP contribution in [0.2, 0.25) is 0 Å². The van der Waals surface area contributed by atoms with Crippen LogP contribution in [0.15, 0.2) is 12.7 Å². The number of aliphatic carboxylic acids is 1. The average Bonchev–Trinajstić information content (AvgIpc) is 2.24. The molecule has 0 rings (SSSR count). The van der Waals surface area contributed by atoms with E-state index in [-0.39, 0.29) is 42.1 Å². The zero-order valence-electron chi connectivity index (χ0n) is 10.6. The molecular formula is C11H21N2NaO3. The van der Waals surface area contributed by atoms with Crippen LogP contribution in [-0.4, -0.2) is 43.4 Å². The van der Waals surface area contributed by atoms with Crippen molar-refractivity contribution in [2.45, 2.75) is 25.4 Å². The van der Waals surface area contributed by atoms with Gasteiger partial charge in [0.2, 0.25) is 0 Å². The Morgan fingerprint density at radius 3 is 2.59 bits per heavy atom. The molecule has 0 bridgehead atoms. The third kappa shape index (κ3) is 16.1. The van der Waals surface area contributed by atoms with E-state index < -0.39 is 5.97 Å². The molecule has 0 radical (unpaired) electrons. The Hall–Kier alpha value is 0.0900. The SMILES string of the molecule is C=CCCC(O)CNCCNCCC(=O)[O-].[Na+]. The van der Waals surface area contributed by atoms with Crippen molar-refractivity contribution in [2.75, 3.05) is 26.2 Å². The largest absolute Gasteiger partial charge is 1.00 e. The quantitative estimate of drug-likeness (QED) is 0.197. The minimum absolute atomic E-state index is 0. The number of carbonyl (C=O) groups is 1. The third-order valence-electron chi connectivity index (χ3n) is 2.07. The number of carboxylic acid groups (broad SMARTS) is 1. The van der Waals surface area contributed by atoms with Crippen LogP contribution in [0.3, 0.4) is 0 Å². The Labute approximate surface area is 125 Å². The van der Waals surface area contributed by atoms with Gasteiger partial charge in [0, 0.05) is 32.1 Å². The Morgan fingerprint density at radius 2 is 2.00 bits per heavy atom. The van der Waals surface area contributed by atoms with E-state index in [9.17, 15) is 15.0 Å². The van der Waals surface area contributed by atoms with Crippen LogP contribution in [0.25, 0.3) is 0 Å². The van der Waals surface area contributed by atoms with E-state index in [0.29, 0.717) is 32.6 Å². The summed E-state index contributed by atoms with van der Waals surface area (Å²) >= 11 is 0. The fourth-order valence-electron chi connectivity index (χ4n) is 1.17. The molecule has 0 spiro atoms. The molecule has 1 unspecified atom stereocenters. The molecule has 3 N–H and O–H groups in total. The number of carbonyl (C=O) groups excluding carboxylic acids is 1. The summed E-state index contributed by atoms with van der Waals surface area (Å²) in [6.45, 7) is 5.94. The minimum Gasteiger partial charge on any atom is -0.550 e. The second-order valence-electron chi connectivity index (χ2n) is 3.60. The van der Waals surface area contributed by atoms with Gasteiger partial charge in [-0.3, -0.25) is 0 Å². The van der Waals surface area contributed by atoms with Gasteiger partial charge in [-0.2, -0.15) is 0 Å². The van der Waals surface area contributed by atoms with Gasteiger partial charge in [0.1, 0.15) is 0 Å². The van der Waals surface area contributed by atoms with Crippen molar-refractivity contribution in [3.63, 3.8) is 0 Å². The van der Waals surface area contributed by atoms with Gasteiger partial charge in [-0.1, -0.05) is 6.08 Å². The molecule has 0 aromatic rings. The molecule has 0 saturated carbocycles. The molecule has 0 aromatic heterocycles. The Morgan fingerprint density at radius 1 is 1.35 bits per heavy atom. The summed E-state index contributed by atoms with van der Waals surface area (Å²) in [5.74, 6) is -1.04. The first kappa shape index (κ1) is 19.4. The summed E-state index contributed by atoms with van der Waals surface area (Å²) in [6.07, 6.45) is 3.00. The molecule has 0 fully saturated rings. The predicted molar refractivity (Wildman–Crippen MR) is 60.8 cm³/mol. The van der Waals surface area contributed by atoms with Gasteiger partial charge >= 0.3 is 29.6 Å². The van der Waals surface area contributed by atoms with Crippen LogP contribution < -0.4 is 45.3 Å². The molecule has 1 atom stereocenters. The summed E-state index contributed by atoms with van der Waals surface area (Å²) in [6, 6.07) is 0. The van der Waals surface area contributed by atoms with Crippen LogP contribution >= 0.6 is 0 Å². The van der Waals surface area contributed by atoms with E-state index >= 15 is 0 Å². The monoisotopic (exact) mass is 252 g/mol. The molecule has 94 valence electrons. The number of allylic oxidation sites excluding steroid dienone is 1. The van der Waals surface area contributed by atoms with Gasteiger partial charge in [0.15, 0.2) is 0 Å². The first-order chi connectivity index (χ1) is 7.66. The number of aliphatic hydroxyl groups is 1. The van der Waals surface area contributed by atoms with Crippen LogP contribution in [0.5, 0.6) is 0 Å². The number of aliphatic hydroxyl groups excluding tert-OH is 1. The van der Waals surface area contributed by atoms with E-state index in [0.717, 1.165) is 6.42 Å². The predicted octanol–water partition coefficient (Wildman–Crippen LogP) is -4.36. The van der Waals surface area contributed by atoms with Gasteiger partial charge in [0.05, 0.1) is 6.10 Å². The molecule has 0 aromatic carbocycles. The maximum atomic E-state index is 10.1. The van der Waals surface area contributed by atoms with Gasteiger partial charge in [-0.05, 0) is 19.3 Å². The van der Waals surface area contributed by atoms with E-state index in [1.807, 2.05) is 0 Å². The Bertz CT molecular complexity index is 203. The maximum Gasteiger partial charge on any atom is 1.00 e. The molecule has 0 amide bonds. The topological polar surface area (TPSA) is 84.4 Å². The molecule has 0 aliphatic rings. The summed E-state index contributed by atoms with van der Waals surface area (Å²) in [5, 5.41) is 25.5. The van der Waals surface area contributed by atoms with Crippen LogP contribution in [0, 0.1) is 0 Å². The molecule has 17 heavy (non-hydrogen) atoms. The Kier molecular flexibility index (Phi) is 16.2. The smallest absolute Gasteiger partial charge is 0.550 e. The van der Waals surface area contributed by atoms with Gasteiger partial charge in [0.25, 0.3) is 0 Å². The minimum atomic E-state index is -1.04. The molecule has 0 heterocycles. The normalized spacial score (nSPS) is 11.6. The Balaban J connectivity index is 0. The number of hydrogen-bond acceptors (Lipinski definition) is 5. The van der Waals surface area contributed by atoms with E-state index in [2.05, 4.69) is 17.2 Å². The fraction of sp³-hybridized carbons (Fsp3) is 0.727. The third-order valence-corrected chi connectivity index (χ3v) is 2.07. The van der Waals surface area contributed by atoms with Crippen LogP contribution in [-0.2, 0) is 4.79 Å². The van der Waals surface area contributed by atoms with Crippen molar-refractivity contribution in [1.29, 1.82) is 0 Å². The molecule has 0 saturated heterocycles. The van der Waals surface area contributed by atoms with Crippen molar-refractivity contribution in [1.82, 2.24) is 10.6 Å². The van der Waals surface area contributed by atoms with Crippen molar-refractivity contribution >= 4 is 5.97 Å². The zero-order valence-corrected chi connectivity index (χ0v) is 12.6. The van der Waals surface area contributed by atoms with Gasteiger partial charge in [-0.15, -0.1) is 6.58 Å². The number of hydrogen-bond donors (Lipinski definition) is 3. The first-order valence-electron chi connectivity index (χ1n) is 5.57. The van der Waals surface area contributed by atoms with E-state index in [1.165, 1.54) is 0 Å². The molecule has 0 aliphatic carbocycles. The van der Waals surface area contributed by atoms with Gasteiger partial charge < -0.3 is 25.6 Å². The summed E-state index contributed by atoms with van der Waals surface area (Å²) in [5.41, 5.74) is 0. The average molecular weight is 252 g/mol. The van der Waals surface area contributed by atoms with E-state index in [1.54, 1.807) is 6.08 Å². The standard InChI is InChI=1S/C11H22N2O3.Na/c1-2-3-4-10(14)9-13-8-7-12-6-5-11(15)16;/h2,10,12-14H,1,3-9H2,(H,15,16);/q;+1/p-1. The molecule has 0 aliphatic heterocycles. The van der Waals surface area contributed by atoms with Crippen LogP contribution in [0.4, 0.5) is 0 Å². The van der Waals surface area contributed by atoms with Crippen molar-refractivity contribution < 1.29 is 44.6 Å². The number of rotatable bonds is 11. The van der Waals surface area contributed by atoms with Crippen LogP contribution in [0.1, 0.15) is 19.3 Å². The van der Waals surface area contributed by atoms with Crippen molar-refractivity contribution in [2.24, 2.45) is 0 Å². The summed E-state index contributed by atoms with van der Waals surface area (Å²) < 4.78 is 0. The second kappa shape index (κ2) is 14.2. The van der Waals surface area contributed by atoms with Crippen molar-refractivity contribution in [3.8, 4) is 0 Å². The van der Waals surface area contributed by atoms with Crippen molar-refractivity contribution in [3.05, 3.63) is 12.7 Å². The summed E-state index contributed by atoms with van der Waals surface area (Å²) in [4.78, 5) is 10.1. The molecule has 6 heteroatoms. The first-order valence-corrected chi connectivity index (χ1v) is 5.57. The maximum absolute atomic E-state index is 10.1. The zero-order chi connectivity index (χ0) is 12.2.